The number of nitrogens with zero attached hydrogens (tertiary/aromatic N) is 4. The number of aromatic nitrogens is 4. The summed E-state index contributed by atoms with van der Waals surface area (Å²) in [6.07, 6.45) is 3.92. The summed E-state index contributed by atoms with van der Waals surface area (Å²) in [5.74, 6) is -0.204. The first kappa shape index (κ1) is 15.4. The van der Waals surface area contributed by atoms with E-state index >= 15 is 0 Å². The molecule has 0 aliphatic heterocycles. The highest BCUT2D eigenvalue weighted by Gasteiger charge is 2.28. The molecule has 1 saturated carbocycles. The molecule has 0 spiro atoms. The predicted molar refractivity (Wildman–Crippen MR) is 91.1 cm³/mol. The molecule has 2 heterocycles. The standard InChI is InChI=1S/C15H11BrFN5OS/c16-11-7-22(10-5-3-9(17)4-6-10)21-12(11)13(23)18-15-20-19-14(24-15)8-1-2-8/h3-8H,1-2H2,(H,18,20,23). The van der Waals surface area contributed by atoms with Gasteiger partial charge in [0.25, 0.3) is 5.91 Å². The molecule has 0 saturated heterocycles. The Kier molecular flexibility index (Phi) is 3.89. The molecular weight excluding hydrogens is 397 g/mol. The second-order valence-corrected chi connectivity index (χ2v) is 7.28. The molecule has 9 heteroatoms. The second-order valence-electron chi connectivity index (χ2n) is 5.42. The van der Waals surface area contributed by atoms with E-state index in [4.69, 9.17) is 0 Å². The molecule has 1 aliphatic rings. The molecule has 3 aromatic rings. The molecule has 1 aliphatic carbocycles. The largest absolute Gasteiger partial charge is 0.295 e. The number of hydrogen-bond acceptors (Lipinski definition) is 5. The SMILES string of the molecule is O=C(Nc1nnc(C2CC2)s1)c1nn(-c2ccc(F)cc2)cc1Br. The fraction of sp³-hybridized carbons (Fsp3) is 0.200. The Bertz CT molecular complexity index is 903. The number of halogens is 2. The van der Waals surface area contributed by atoms with Crippen LogP contribution in [0.1, 0.15) is 34.3 Å². The number of hydrogen-bond donors (Lipinski definition) is 1. The molecular formula is C15H11BrFN5OS. The molecule has 0 atom stereocenters. The van der Waals surface area contributed by atoms with Crippen molar-refractivity contribution in [3.05, 3.63) is 51.5 Å². The average Bonchev–Trinajstić information content (AvgIpc) is 3.19. The van der Waals surface area contributed by atoms with Crippen molar-refractivity contribution < 1.29 is 9.18 Å². The van der Waals surface area contributed by atoms with Gasteiger partial charge in [-0.2, -0.15) is 5.10 Å². The molecule has 1 amide bonds. The van der Waals surface area contributed by atoms with E-state index < -0.39 is 0 Å². The molecule has 122 valence electrons. The van der Waals surface area contributed by atoms with Gasteiger partial charge in [-0.1, -0.05) is 11.3 Å². The normalized spacial score (nSPS) is 13.9. The summed E-state index contributed by atoms with van der Waals surface area (Å²) in [6.45, 7) is 0. The van der Waals surface area contributed by atoms with Crippen LogP contribution in [0, 0.1) is 5.82 Å². The Morgan fingerprint density at radius 3 is 2.75 bits per heavy atom. The highest BCUT2D eigenvalue weighted by Crippen LogP contribution is 2.42. The lowest BCUT2D eigenvalue weighted by Gasteiger charge is -2.00. The van der Waals surface area contributed by atoms with E-state index in [1.807, 2.05) is 0 Å². The first-order valence-electron chi connectivity index (χ1n) is 7.26. The van der Waals surface area contributed by atoms with E-state index in [1.165, 1.54) is 28.2 Å². The summed E-state index contributed by atoms with van der Waals surface area (Å²) in [5, 5.41) is 16.5. The number of nitrogens with one attached hydrogen (secondary N) is 1. The highest BCUT2D eigenvalue weighted by molar-refractivity contribution is 9.10. The summed E-state index contributed by atoms with van der Waals surface area (Å²) >= 11 is 4.72. The van der Waals surface area contributed by atoms with Crippen LogP contribution in [0.25, 0.3) is 5.69 Å². The fourth-order valence-corrected chi connectivity index (χ4v) is 3.53. The molecule has 1 aromatic carbocycles. The lowest BCUT2D eigenvalue weighted by Crippen LogP contribution is -2.13. The Morgan fingerprint density at radius 2 is 2.04 bits per heavy atom. The van der Waals surface area contributed by atoms with E-state index in [0.29, 0.717) is 21.2 Å². The monoisotopic (exact) mass is 407 g/mol. The number of benzene rings is 1. The van der Waals surface area contributed by atoms with E-state index in [1.54, 1.807) is 18.3 Å². The molecule has 2 aromatic heterocycles. The van der Waals surface area contributed by atoms with Crippen LogP contribution in [0.4, 0.5) is 9.52 Å². The van der Waals surface area contributed by atoms with E-state index in [0.717, 1.165) is 17.8 Å². The quantitative estimate of drug-likeness (QED) is 0.714. The zero-order valence-corrected chi connectivity index (χ0v) is 14.6. The second kappa shape index (κ2) is 6.06. The highest BCUT2D eigenvalue weighted by atomic mass is 79.9. The third-order valence-electron chi connectivity index (χ3n) is 3.56. The Hall–Kier alpha value is -2.13. The molecule has 1 N–H and O–H groups in total. The van der Waals surface area contributed by atoms with E-state index in [9.17, 15) is 9.18 Å². The van der Waals surface area contributed by atoms with Crippen molar-refractivity contribution in [3.8, 4) is 5.69 Å². The minimum absolute atomic E-state index is 0.225. The van der Waals surface area contributed by atoms with Gasteiger partial charge in [-0.3, -0.25) is 10.1 Å². The molecule has 4 rings (SSSR count). The molecule has 1 fully saturated rings. The van der Waals surface area contributed by atoms with Crippen LogP contribution in [0.2, 0.25) is 0 Å². The molecule has 24 heavy (non-hydrogen) atoms. The molecule has 0 unspecified atom stereocenters. The zero-order valence-electron chi connectivity index (χ0n) is 12.2. The van der Waals surface area contributed by atoms with Gasteiger partial charge >= 0.3 is 0 Å². The topological polar surface area (TPSA) is 72.7 Å². The maximum atomic E-state index is 13.0. The number of rotatable bonds is 4. The van der Waals surface area contributed by atoms with Crippen molar-refractivity contribution in [1.29, 1.82) is 0 Å². The van der Waals surface area contributed by atoms with Crippen molar-refractivity contribution in [2.75, 3.05) is 5.32 Å². The number of carbonyl (C=O) groups is 1. The van der Waals surface area contributed by atoms with Crippen molar-refractivity contribution in [3.63, 3.8) is 0 Å². The van der Waals surface area contributed by atoms with Crippen LogP contribution in [0.3, 0.4) is 0 Å². The fourth-order valence-electron chi connectivity index (χ4n) is 2.17. The molecule has 0 radical (unpaired) electrons. The lowest BCUT2D eigenvalue weighted by atomic mass is 10.3. The average molecular weight is 408 g/mol. The van der Waals surface area contributed by atoms with Crippen LogP contribution >= 0.6 is 27.3 Å². The maximum Gasteiger partial charge on any atom is 0.279 e. The smallest absolute Gasteiger partial charge is 0.279 e. The summed E-state index contributed by atoms with van der Waals surface area (Å²) < 4.78 is 15.1. The van der Waals surface area contributed by atoms with Gasteiger partial charge in [0.15, 0.2) is 5.69 Å². The Morgan fingerprint density at radius 1 is 1.29 bits per heavy atom. The summed E-state index contributed by atoms with van der Waals surface area (Å²) in [5.41, 5.74) is 0.880. The minimum atomic E-state index is -0.374. The van der Waals surface area contributed by atoms with Crippen molar-refractivity contribution in [2.24, 2.45) is 0 Å². The molecule has 0 bridgehead atoms. The van der Waals surface area contributed by atoms with E-state index in [-0.39, 0.29) is 17.4 Å². The van der Waals surface area contributed by atoms with Crippen LogP contribution in [-0.2, 0) is 0 Å². The van der Waals surface area contributed by atoms with E-state index in [2.05, 4.69) is 36.5 Å². The van der Waals surface area contributed by atoms with Crippen LogP contribution < -0.4 is 5.32 Å². The summed E-state index contributed by atoms with van der Waals surface area (Å²) in [4.78, 5) is 12.4. The van der Waals surface area contributed by atoms with Gasteiger partial charge in [0.2, 0.25) is 5.13 Å². The third-order valence-corrected chi connectivity index (χ3v) is 5.15. The van der Waals surface area contributed by atoms with Crippen LogP contribution in [-0.4, -0.2) is 25.9 Å². The number of carbonyl (C=O) groups excluding carboxylic acids is 1. The molecule has 6 nitrogen and oxygen atoms in total. The summed E-state index contributed by atoms with van der Waals surface area (Å²) in [7, 11) is 0. The van der Waals surface area contributed by atoms with Crippen LogP contribution in [0.15, 0.2) is 34.9 Å². The van der Waals surface area contributed by atoms with Crippen molar-refractivity contribution in [1.82, 2.24) is 20.0 Å². The van der Waals surface area contributed by atoms with Crippen LogP contribution in [0.5, 0.6) is 0 Å². The zero-order chi connectivity index (χ0) is 16.7. The Balaban J connectivity index is 1.54. The Labute approximate surface area is 148 Å². The van der Waals surface area contributed by atoms with Gasteiger partial charge in [0, 0.05) is 12.1 Å². The lowest BCUT2D eigenvalue weighted by molar-refractivity contribution is 0.102. The van der Waals surface area contributed by atoms with Gasteiger partial charge in [-0.05, 0) is 53.0 Å². The number of anilines is 1. The number of amides is 1. The predicted octanol–water partition coefficient (Wildman–Crippen LogP) is 3.76. The van der Waals surface area contributed by atoms with Gasteiger partial charge in [0.05, 0.1) is 10.2 Å². The van der Waals surface area contributed by atoms with Crippen molar-refractivity contribution in [2.45, 2.75) is 18.8 Å². The van der Waals surface area contributed by atoms with Gasteiger partial charge < -0.3 is 0 Å². The minimum Gasteiger partial charge on any atom is -0.295 e. The van der Waals surface area contributed by atoms with Crippen molar-refractivity contribution >= 4 is 38.3 Å². The van der Waals surface area contributed by atoms with Gasteiger partial charge in [-0.25, -0.2) is 9.07 Å². The van der Waals surface area contributed by atoms with Gasteiger partial charge in [0.1, 0.15) is 10.8 Å². The maximum absolute atomic E-state index is 13.0. The first-order chi connectivity index (χ1) is 11.6. The summed E-state index contributed by atoms with van der Waals surface area (Å²) in [6, 6.07) is 5.85. The third kappa shape index (κ3) is 3.09. The first-order valence-corrected chi connectivity index (χ1v) is 8.87. The van der Waals surface area contributed by atoms with Gasteiger partial charge in [-0.15, -0.1) is 10.2 Å².